The van der Waals surface area contributed by atoms with E-state index in [0.29, 0.717) is 5.15 Å². The highest BCUT2D eigenvalue weighted by atomic mass is 35.5. The minimum absolute atomic E-state index is 0.470. The van der Waals surface area contributed by atoms with E-state index >= 15 is 0 Å². The molecule has 2 aromatic heterocycles. The van der Waals surface area contributed by atoms with Crippen molar-refractivity contribution >= 4 is 17.2 Å². The summed E-state index contributed by atoms with van der Waals surface area (Å²) in [6.45, 7) is 1.99. The Hall–Kier alpha value is -1.87. The third-order valence-corrected chi connectivity index (χ3v) is 2.92. The van der Waals surface area contributed by atoms with E-state index in [1.54, 1.807) is 10.6 Å². The summed E-state index contributed by atoms with van der Waals surface area (Å²) in [6.07, 6.45) is 0. The molecule has 0 amide bonds. The van der Waals surface area contributed by atoms with E-state index in [1.165, 1.54) is 0 Å². The average molecular weight is 244 g/mol. The van der Waals surface area contributed by atoms with Crippen molar-refractivity contribution in [2.75, 3.05) is 0 Å². The van der Waals surface area contributed by atoms with Gasteiger partial charge in [-0.15, -0.1) is 0 Å². The highest BCUT2D eigenvalue weighted by molar-refractivity contribution is 6.29. The Morgan fingerprint density at radius 1 is 1.06 bits per heavy atom. The quantitative estimate of drug-likeness (QED) is 0.656. The van der Waals surface area contributed by atoms with Crippen LogP contribution in [0, 0.1) is 6.92 Å². The first-order valence-electron chi connectivity index (χ1n) is 5.33. The van der Waals surface area contributed by atoms with Gasteiger partial charge in [-0.25, -0.2) is 9.50 Å². The molecular weight excluding hydrogens is 234 g/mol. The van der Waals surface area contributed by atoms with Crippen molar-refractivity contribution < 1.29 is 0 Å². The summed E-state index contributed by atoms with van der Waals surface area (Å²) in [4.78, 5) is 4.57. The van der Waals surface area contributed by atoms with Crippen LogP contribution in [-0.2, 0) is 0 Å². The smallest absolute Gasteiger partial charge is 0.154 e. The molecule has 0 aliphatic heterocycles. The van der Waals surface area contributed by atoms with Crippen LogP contribution in [-0.4, -0.2) is 14.6 Å². The summed E-state index contributed by atoms with van der Waals surface area (Å²) < 4.78 is 1.77. The normalized spacial score (nSPS) is 10.9. The lowest BCUT2D eigenvalue weighted by Gasteiger charge is -1.98. The van der Waals surface area contributed by atoms with E-state index in [0.717, 1.165) is 22.6 Å². The molecule has 84 valence electrons. The number of nitrogens with zero attached hydrogens (tertiary/aromatic N) is 3. The number of aromatic nitrogens is 3. The summed E-state index contributed by atoms with van der Waals surface area (Å²) in [7, 11) is 0. The summed E-state index contributed by atoms with van der Waals surface area (Å²) in [6, 6.07) is 13.7. The first-order valence-corrected chi connectivity index (χ1v) is 5.71. The van der Waals surface area contributed by atoms with Crippen LogP contribution in [0.3, 0.4) is 0 Å². The lowest BCUT2D eigenvalue weighted by Crippen LogP contribution is -1.93. The largest absolute Gasteiger partial charge is 0.227 e. The van der Waals surface area contributed by atoms with Crippen molar-refractivity contribution in [1.82, 2.24) is 14.6 Å². The van der Waals surface area contributed by atoms with E-state index in [9.17, 15) is 0 Å². The van der Waals surface area contributed by atoms with Crippen LogP contribution < -0.4 is 0 Å². The molecule has 0 atom stereocenters. The lowest BCUT2D eigenvalue weighted by molar-refractivity contribution is 0.901. The standard InChI is InChI=1S/C13H10ClN3/c1-9-13(10-5-3-2-4-6-10)15-12-8-7-11(14)16-17(9)12/h2-8H,1H3. The molecule has 3 aromatic rings. The number of fused-ring (bicyclic) bond motifs is 1. The number of benzene rings is 1. The van der Waals surface area contributed by atoms with Crippen molar-refractivity contribution in [3.8, 4) is 11.3 Å². The maximum atomic E-state index is 5.89. The van der Waals surface area contributed by atoms with Gasteiger partial charge in [0, 0.05) is 5.56 Å². The van der Waals surface area contributed by atoms with Crippen molar-refractivity contribution in [3.05, 3.63) is 53.3 Å². The maximum Gasteiger partial charge on any atom is 0.154 e. The van der Waals surface area contributed by atoms with Gasteiger partial charge in [-0.2, -0.15) is 5.10 Å². The van der Waals surface area contributed by atoms with Crippen LogP contribution >= 0.6 is 11.6 Å². The van der Waals surface area contributed by atoms with Crippen LogP contribution in [0.5, 0.6) is 0 Å². The van der Waals surface area contributed by atoms with E-state index in [1.807, 2.05) is 43.3 Å². The highest BCUT2D eigenvalue weighted by Crippen LogP contribution is 2.23. The van der Waals surface area contributed by atoms with Gasteiger partial charge in [0.1, 0.15) is 5.15 Å². The molecule has 2 heterocycles. The fraction of sp³-hybridized carbons (Fsp3) is 0.0769. The molecule has 3 rings (SSSR count). The summed E-state index contributed by atoms with van der Waals surface area (Å²) in [5, 5.41) is 4.71. The molecule has 0 aliphatic rings. The molecule has 4 heteroatoms. The highest BCUT2D eigenvalue weighted by Gasteiger charge is 2.10. The zero-order chi connectivity index (χ0) is 11.8. The Morgan fingerprint density at radius 3 is 2.59 bits per heavy atom. The third kappa shape index (κ3) is 1.68. The average Bonchev–Trinajstić information content (AvgIpc) is 2.68. The number of hydrogen-bond acceptors (Lipinski definition) is 2. The second kappa shape index (κ2) is 3.86. The minimum atomic E-state index is 0.470. The topological polar surface area (TPSA) is 30.2 Å². The summed E-state index contributed by atoms with van der Waals surface area (Å²) in [5.74, 6) is 0. The Balaban J connectivity index is 2.28. The molecular formula is C13H10ClN3. The van der Waals surface area contributed by atoms with Gasteiger partial charge in [0.05, 0.1) is 11.4 Å². The monoisotopic (exact) mass is 243 g/mol. The molecule has 0 bridgehead atoms. The molecule has 0 saturated heterocycles. The van der Waals surface area contributed by atoms with Gasteiger partial charge >= 0.3 is 0 Å². The molecule has 0 unspecified atom stereocenters. The van der Waals surface area contributed by atoms with Gasteiger partial charge in [-0.1, -0.05) is 41.9 Å². The van der Waals surface area contributed by atoms with Crippen molar-refractivity contribution in [2.24, 2.45) is 0 Å². The van der Waals surface area contributed by atoms with Crippen LogP contribution in [0.1, 0.15) is 5.69 Å². The van der Waals surface area contributed by atoms with E-state index < -0.39 is 0 Å². The van der Waals surface area contributed by atoms with E-state index in [-0.39, 0.29) is 0 Å². The molecule has 0 fully saturated rings. The second-order valence-electron chi connectivity index (χ2n) is 3.84. The number of aryl methyl sites for hydroxylation is 1. The molecule has 3 nitrogen and oxygen atoms in total. The maximum absolute atomic E-state index is 5.89. The predicted octanol–water partition coefficient (Wildman–Crippen LogP) is 3.36. The zero-order valence-electron chi connectivity index (χ0n) is 9.26. The Bertz CT molecular complexity index is 674. The van der Waals surface area contributed by atoms with Crippen LogP contribution in [0.4, 0.5) is 0 Å². The second-order valence-corrected chi connectivity index (χ2v) is 4.23. The molecule has 0 spiro atoms. The van der Waals surface area contributed by atoms with Crippen molar-refractivity contribution in [3.63, 3.8) is 0 Å². The van der Waals surface area contributed by atoms with Crippen LogP contribution in [0.15, 0.2) is 42.5 Å². The first-order chi connectivity index (χ1) is 8.25. The van der Waals surface area contributed by atoms with E-state index in [2.05, 4.69) is 10.1 Å². The Kier molecular flexibility index (Phi) is 2.34. The SMILES string of the molecule is Cc1c(-c2ccccc2)nc2ccc(Cl)nn12. The predicted molar refractivity (Wildman–Crippen MR) is 68.2 cm³/mol. The first kappa shape index (κ1) is 10.3. The van der Waals surface area contributed by atoms with Gasteiger partial charge in [0.25, 0.3) is 0 Å². The van der Waals surface area contributed by atoms with Gasteiger partial charge in [0.2, 0.25) is 0 Å². The van der Waals surface area contributed by atoms with Gasteiger partial charge in [-0.3, -0.25) is 0 Å². The van der Waals surface area contributed by atoms with Gasteiger partial charge in [0.15, 0.2) is 5.65 Å². The Morgan fingerprint density at radius 2 is 1.82 bits per heavy atom. The number of halogens is 1. The number of imidazole rings is 1. The lowest BCUT2D eigenvalue weighted by atomic mass is 10.1. The van der Waals surface area contributed by atoms with E-state index in [4.69, 9.17) is 11.6 Å². The number of hydrogen-bond donors (Lipinski definition) is 0. The third-order valence-electron chi connectivity index (χ3n) is 2.72. The minimum Gasteiger partial charge on any atom is -0.227 e. The zero-order valence-corrected chi connectivity index (χ0v) is 10.0. The number of rotatable bonds is 1. The summed E-state index contributed by atoms with van der Waals surface area (Å²) in [5.41, 5.74) is 3.84. The van der Waals surface area contributed by atoms with Crippen LogP contribution in [0.2, 0.25) is 5.15 Å². The summed E-state index contributed by atoms with van der Waals surface area (Å²) >= 11 is 5.89. The Labute approximate surface area is 104 Å². The molecule has 0 saturated carbocycles. The van der Waals surface area contributed by atoms with Gasteiger partial charge < -0.3 is 0 Å². The van der Waals surface area contributed by atoms with Gasteiger partial charge in [-0.05, 0) is 19.1 Å². The fourth-order valence-electron chi connectivity index (χ4n) is 1.89. The van der Waals surface area contributed by atoms with Crippen molar-refractivity contribution in [1.29, 1.82) is 0 Å². The molecule has 17 heavy (non-hydrogen) atoms. The molecule has 0 N–H and O–H groups in total. The molecule has 1 aromatic carbocycles. The molecule has 0 aliphatic carbocycles. The molecule has 0 radical (unpaired) electrons. The van der Waals surface area contributed by atoms with Crippen LogP contribution in [0.25, 0.3) is 16.9 Å². The van der Waals surface area contributed by atoms with Crippen molar-refractivity contribution in [2.45, 2.75) is 6.92 Å². The fourth-order valence-corrected chi connectivity index (χ4v) is 2.03.